The van der Waals surface area contributed by atoms with Crippen LogP contribution in [-0.2, 0) is 28.5 Å². The monoisotopic (exact) mass is 378 g/mol. The van der Waals surface area contributed by atoms with Crippen molar-refractivity contribution in [1.29, 1.82) is 0 Å². The average molecular weight is 378 g/mol. The standard InChI is InChI=1S/C20H26O7/c1-10(8-24-5)16(21)25-15-14-12(3)17(22)27-20(14,23)9-19-13(26-19)7-6-11(2)18(15,19)4/h11,13,15,23H,1,6-9H2,2-5H3/t11-,13+,15+,18-,19+,20-/m0/s1. The van der Waals surface area contributed by atoms with Crippen LogP contribution in [0.5, 0.6) is 0 Å². The lowest BCUT2D eigenvalue weighted by Gasteiger charge is -2.54. The highest BCUT2D eigenvalue weighted by Crippen LogP contribution is 2.70. The zero-order chi connectivity index (χ0) is 19.8. The molecule has 0 bridgehead atoms. The normalized spacial score (nSPS) is 44.8. The van der Waals surface area contributed by atoms with E-state index in [1.54, 1.807) is 6.92 Å². The predicted molar refractivity (Wildman–Crippen MR) is 93.4 cm³/mol. The van der Waals surface area contributed by atoms with Crippen LogP contribution in [0.4, 0.5) is 0 Å². The molecule has 0 aromatic rings. The van der Waals surface area contributed by atoms with Crippen LogP contribution < -0.4 is 0 Å². The number of ether oxygens (including phenoxy) is 4. The summed E-state index contributed by atoms with van der Waals surface area (Å²) in [5, 5.41) is 11.2. The van der Waals surface area contributed by atoms with E-state index in [4.69, 9.17) is 18.9 Å². The SMILES string of the molecule is C=C(COC)C(=O)O[C@@H]1C2=C(C)C(=O)O[C@@]2(O)C[C@@]23O[C@@H]2CC[C@H](C)[C@@]13C. The fourth-order valence-electron chi connectivity index (χ4n) is 5.41. The van der Waals surface area contributed by atoms with Crippen molar-refractivity contribution in [3.05, 3.63) is 23.3 Å². The van der Waals surface area contributed by atoms with E-state index in [0.29, 0.717) is 11.1 Å². The van der Waals surface area contributed by atoms with Crippen molar-refractivity contribution in [2.24, 2.45) is 11.3 Å². The minimum atomic E-state index is -1.81. The second kappa shape index (κ2) is 5.65. The predicted octanol–water partition coefficient (Wildman–Crippen LogP) is 1.64. The Morgan fingerprint density at radius 2 is 2.11 bits per heavy atom. The molecule has 1 spiro atoms. The quantitative estimate of drug-likeness (QED) is 0.451. The number of epoxide rings is 1. The summed E-state index contributed by atoms with van der Waals surface area (Å²) < 4.78 is 22.3. The van der Waals surface area contributed by atoms with Gasteiger partial charge in [0.15, 0.2) is 0 Å². The summed E-state index contributed by atoms with van der Waals surface area (Å²) >= 11 is 0. The van der Waals surface area contributed by atoms with E-state index < -0.39 is 34.8 Å². The summed E-state index contributed by atoms with van der Waals surface area (Å²) in [7, 11) is 1.47. The molecule has 4 rings (SSSR count). The van der Waals surface area contributed by atoms with E-state index in [1.165, 1.54) is 7.11 Å². The van der Waals surface area contributed by atoms with Crippen LogP contribution in [0.25, 0.3) is 0 Å². The molecule has 0 aromatic carbocycles. The van der Waals surface area contributed by atoms with Crippen LogP contribution in [-0.4, -0.2) is 54.4 Å². The van der Waals surface area contributed by atoms with Gasteiger partial charge in [0, 0.05) is 24.5 Å². The van der Waals surface area contributed by atoms with Crippen molar-refractivity contribution in [2.45, 2.75) is 63.6 Å². The molecule has 2 aliphatic heterocycles. The lowest BCUT2D eigenvalue weighted by Crippen LogP contribution is -2.64. The molecule has 0 radical (unpaired) electrons. The number of hydrogen-bond acceptors (Lipinski definition) is 7. The molecule has 3 fully saturated rings. The molecular formula is C20H26O7. The molecule has 0 amide bonds. The summed E-state index contributed by atoms with van der Waals surface area (Å²) in [6.45, 7) is 9.48. The Balaban J connectivity index is 1.81. The Morgan fingerprint density at radius 1 is 1.41 bits per heavy atom. The maximum Gasteiger partial charge on any atom is 0.336 e. The number of fused-ring (bicyclic) bond motifs is 1. The highest BCUT2D eigenvalue weighted by atomic mass is 16.7. The van der Waals surface area contributed by atoms with E-state index in [1.807, 2.05) is 6.92 Å². The number of carbonyl (C=O) groups excluding carboxylic acids is 2. The molecule has 1 saturated heterocycles. The number of rotatable bonds is 4. The van der Waals surface area contributed by atoms with Crippen molar-refractivity contribution in [1.82, 2.24) is 0 Å². The second-order valence-corrected chi connectivity index (χ2v) is 8.47. The number of methoxy groups -OCH3 is 1. The first-order valence-corrected chi connectivity index (χ1v) is 9.33. The highest BCUT2D eigenvalue weighted by Gasteiger charge is 2.80. The van der Waals surface area contributed by atoms with Crippen LogP contribution in [0.2, 0.25) is 0 Å². The maximum absolute atomic E-state index is 12.7. The molecule has 148 valence electrons. The molecule has 0 aromatic heterocycles. The van der Waals surface area contributed by atoms with Gasteiger partial charge >= 0.3 is 11.9 Å². The van der Waals surface area contributed by atoms with Crippen LogP contribution in [0, 0.1) is 11.3 Å². The first-order chi connectivity index (χ1) is 12.6. The van der Waals surface area contributed by atoms with E-state index >= 15 is 0 Å². The molecule has 0 unspecified atom stereocenters. The van der Waals surface area contributed by atoms with Crippen LogP contribution in [0.1, 0.15) is 40.0 Å². The van der Waals surface area contributed by atoms with Gasteiger partial charge in [-0.15, -0.1) is 0 Å². The number of aliphatic hydroxyl groups is 1. The molecule has 27 heavy (non-hydrogen) atoms. The highest BCUT2D eigenvalue weighted by molar-refractivity contribution is 5.93. The summed E-state index contributed by atoms with van der Waals surface area (Å²) in [5.41, 5.74) is -0.470. The first kappa shape index (κ1) is 18.7. The molecule has 1 N–H and O–H groups in total. The van der Waals surface area contributed by atoms with Gasteiger partial charge in [-0.05, 0) is 25.7 Å². The molecule has 7 heteroatoms. The second-order valence-electron chi connectivity index (χ2n) is 8.47. The van der Waals surface area contributed by atoms with Gasteiger partial charge in [0.2, 0.25) is 5.79 Å². The largest absolute Gasteiger partial charge is 0.453 e. The van der Waals surface area contributed by atoms with Gasteiger partial charge in [-0.2, -0.15) is 0 Å². The molecule has 2 aliphatic carbocycles. The van der Waals surface area contributed by atoms with Gasteiger partial charge in [-0.3, -0.25) is 0 Å². The molecule has 4 aliphatic rings. The minimum absolute atomic E-state index is 0.0349. The van der Waals surface area contributed by atoms with E-state index in [0.717, 1.165) is 12.8 Å². The lowest BCUT2D eigenvalue weighted by atomic mass is 9.51. The third kappa shape index (κ3) is 2.25. The molecule has 2 heterocycles. The average Bonchev–Trinajstić information content (AvgIpc) is 3.25. The molecule has 2 saturated carbocycles. The third-order valence-corrected chi connectivity index (χ3v) is 7.15. The van der Waals surface area contributed by atoms with E-state index in [2.05, 4.69) is 13.5 Å². The Morgan fingerprint density at radius 3 is 2.78 bits per heavy atom. The molecule has 7 nitrogen and oxygen atoms in total. The van der Waals surface area contributed by atoms with Crippen molar-refractivity contribution in [2.75, 3.05) is 13.7 Å². The van der Waals surface area contributed by atoms with Crippen molar-refractivity contribution in [3.63, 3.8) is 0 Å². The van der Waals surface area contributed by atoms with Crippen molar-refractivity contribution in [3.8, 4) is 0 Å². The zero-order valence-corrected chi connectivity index (χ0v) is 16.2. The first-order valence-electron chi connectivity index (χ1n) is 9.33. The van der Waals surface area contributed by atoms with Gasteiger partial charge in [-0.1, -0.05) is 20.4 Å². The Kier molecular flexibility index (Phi) is 3.91. The van der Waals surface area contributed by atoms with Crippen LogP contribution in [0.15, 0.2) is 23.3 Å². The Labute approximate surface area is 158 Å². The minimum Gasteiger partial charge on any atom is -0.453 e. The van der Waals surface area contributed by atoms with E-state index in [9.17, 15) is 14.7 Å². The Hall–Kier alpha value is -1.70. The topological polar surface area (TPSA) is 94.6 Å². The third-order valence-electron chi connectivity index (χ3n) is 7.15. The summed E-state index contributed by atoms with van der Waals surface area (Å²) in [6.07, 6.45) is 1.07. The van der Waals surface area contributed by atoms with Gasteiger partial charge < -0.3 is 24.1 Å². The number of esters is 2. The van der Waals surface area contributed by atoms with Gasteiger partial charge in [0.25, 0.3) is 0 Å². The van der Waals surface area contributed by atoms with Crippen molar-refractivity contribution >= 4 is 11.9 Å². The smallest absolute Gasteiger partial charge is 0.336 e. The van der Waals surface area contributed by atoms with Gasteiger partial charge in [0.1, 0.15) is 11.7 Å². The lowest BCUT2D eigenvalue weighted by molar-refractivity contribution is -0.225. The van der Waals surface area contributed by atoms with Gasteiger partial charge in [0.05, 0.1) is 23.9 Å². The number of hydrogen-bond donors (Lipinski definition) is 1. The summed E-state index contributed by atoms with van der Waals surface area (Å²) in [4.78, 5) is 24.9. The van der Waals surface area contributed by atoms with Crippen molar-refractivity contribution < 1.29 is 33.6 Å². The van der Waals surface area contributed by atoms with Crippen LogP contribution >= 0.6 is 0 Å². The maximum atomic E-state index is 12.7. The fraction of sp³-hybridized carbons (Fsp3) is 0.700. The van der Waals surface area contributed by atoms with E-state index in [-0.39, 0.29) is 30.6 Å². The fourth-order valence-corrected chi connectivity index (χ4v) is 5.41. The number of carbonyl (C=O) groups is 2. The molecule has 6 atom stereocenters. The summed E-state index contributed by atoms with van der Waals surface area (Å²) in [6, 6.07) is 0. The Bertz CT molecular complexity index is 770. The summed E-state index contributed by atoms with van der Waals surface area (Å²) in [5.74, 6) is -2.85. The van der Waals surface area contributed by atoms with Crippen LogP contribution in [0.3, 0.4) is 0 Å². The zero-order valence-electron chi connectivity index (χ0n) is 16.2. The van der Waals surface area contributed by atoms with Gasteiger partial charge in [-0.25, -0.2) is 9.59 Å². The molecular weight excluding hydrogens is 352 g/mol.